The molecular formula is C27H28N2O6. The third-order valence-electron chi connectivity index (χ3n) is 6.88. The van der Waals surface area contributed by atoms with E-state index in [-0.39, 0.29) is 17.6 Å². The number of Topliss-reactive ketones (excluding diaryl/α,β-unsaturated/α-hetero) is 1. The Bertz CT molecular complexity index is 1330. The summed E-state index contributed by atoms with van der Waals surface area (Å²) in [5.41, 5.74) is 4.97. The number of carbonyl (C=O) groups excluding carboxylic acids is 1. The number of nitrogens with one attached hydrogen (secondary N) is 1. The van der Waals surface area contributed by atoms with Crippen molar-refractivity contribution in [3.63, 3.8) is 0 Å². The molecule has 2 heterocycles. The van der Waals surface area contributed by atoms with E-state index in [1.54, 1.807) is 28.4 Å². The highest BCUT2D eigenvalue weighted by Gasteiger charge is 2.42. The summed E-state index contributed by atoms with van der Waals surface area (Å²) in [4.78, 5) is 13.8. The lowest BCUT2D eigenvalue weighted by molar-refractivity contribution is -0.116. The second-order valence-electron chi connectivity index (χ2n) is 8.69. The molecule has 2 aliphatic rings. The zero-order chi connectivity index (χ0) is 24.7. The van der Waals surface area contributed by atoms with Crippen LogP contribution >= 0.6 is 0 Å². The Morgan fingerprint density at radius 1 is 0.943 bits per heavy atom. The molecule has 1 aromatic heterocycles. The lowest BCUT2D eigenvalue weighted by Gasteiger charge is -2.35. The van der Waals surface area contributed by atoms with Gasteiger partial charge < -0.3 is 28.8 Å². The normalized spacial score (nSPS) is 18.9. The molecule has 1 aliphatic heterocycles. The van der Waals surface area contributed by atoms with Gasteiger partial charge in [0, 0.05) is 23.3 Å². The Labute approximate surface area is 203 Å². The standard InChI is InChI=1S/C27H28N2O6/c1-14-23-24(17-7-6-8-21(32-3)26(17)34-5)25-18(28-27(23)35-29-14)11-16(12-19(25)30)15-9-10-20(31-2)22(13-15)33-4/h6-10,13,16,24,28H,11-12H2,1-5H3. The number of aromatic nitrogens is 1. The molecule has 8 nitrogen and oxygen atoms in total. The number of methoxy groups -OCH3 is 4. The molecule has 2 unspecified atom stereocenters. The molecule has 0 saturated heterocycles. The number of ether oxygens (including phenoxy) is 4. The van der Waals surface area contributed by atoms with Crippen LogP contribution in [0.15, 0.2) is 52.2 Å². The third kappa shape index (κ3) is 3.69. The molecule has 35 heavy (non-hydrogen) atoms. The molecule has 2 atom stereocenters. The van der Waals surface area contributed by atoms with Crippen molar-refractivity contribution < 1.29 is 28.3 Å². The van der Waals surface area contributed by atoms with Gasteiger partial charge in [0.25, 0.3) is 0 Å². The van der Waals surface area contributed by atoms with E-state index in [2.05, 4.69) is 10.5 Å². The highest BCUT2D eigenvalue weighted by Crippen LogP contribution is 2.52. The Hall–Kier alpha value is -3.94. The maximum absolute atomic E-state index is 13.8. The molecule has 0 spiro atoms. The van der Waals surface area contributed by atoms with Crippen molar-refractivity contribution in [2.24, 2.45) is 0 Å². The van der Waals surface area contributed by atoms with Crippen molar-refractivity contribution >= 4 is 11.7 Å². The maximum atomic E-state index is 13.8. The third-order valence-corrected chi connectivity index (χ3v) is 6.88. The Morgan fingerprint density at radius 2 is 1.71 bits per heavy atom. The fraction of sp³-hybridized carbons (Fsp3) is 0.333. The first-order valence-corrected chi connectivity index (χ1v) is 11.4. The number of hydrogen-bond donors (Lipinski definition) is 1. The summed E-state index contributed by atoms with van der Waals surface area (Å²) in [6, 6.07) is 11.5. The summed E-state index contributed by atoms with van der Waals surface area (Å²) < 4.78 is 27.8. The van der Waals surface area contributed by atoms with Gasteiger partial charge in [0.2, 0.25) is 5.88 Å². The topological polar surface area (TPSA) is 92.1 Å². The minimum Gasteiger partial charge on any atom is -0.493 e. The lowest BCUT2D eigenvalue weighted by atomic mass is 9.72. The van der Waals surface area contributed by atoms with Crippen molar-refractivity contribution in [3.8, 4) is 23.0 Å². The number of rotatable bonds is 6. The van der Waals surface area contributed by atoms with E-state index in [1.807, 2.05) is 43.3 Å². The number of aryl methyl sites for hydroxylation is 1. The molecule has 0 amide bonds. The summed E-state index contributed by atoms with van der Waals surface area (Å²) in [5, 5.41) is 7.56. The predicted octanol–water partition coefficient (Wildman–Crippen LogP) is 4.98. The number of anilines is 1. The van der Waals surface area contributed by atoms with Gasteiger partial charge in [-0.25, -0.2) is 0 Å². The molecule has 3 aromatic rings. The molecule has 0 fully saturated rings. The summed E-state index contributed by atoms with van der Waals surface area (Å²) in [5.74, 6) is 2.71. The lowest BCUT2D eigenvalue weighted by Crippen LogP contribution is -2.29. The monoisotopic (exact) mass is 476 g/mol. The Morgan fingerprint density at radius 3 is 2.43 bits per heavy atom. The Balaban J connectivity index is 1.62. The van der Waals surface area contributed by atoms with Gasteiger partial charge >= 0.3 is 0 Å². The van der Waals surface area contributed by atoms with Crippen molar-refractivity contribution in [1.29, 1.82) is 0 Å². The number of hydrogen-bond acceptors (Lipinski definition) is 8. The largest absolute Gasteiger partial charge is 0.493 e. The number of benzene rings is 2. The molecule has 182 valence electrons. The van der Waals surface area contributed by atoms with Crippen LogP contribution in [0, 0.1) is 6.92 Å². The van der Waals surface area contributed by atoms with Gasteiger partial charge in [0.15, 0.2) is 28.8 Å². The Kier molecular flexibility index (Phi) is 5.88. The smallest absolute Gasteiger partial charge is 0.233 e. The fourth-order valence-corrected chi connectivity index (χ4v) is 5.27. The molecule has 2 aromatic carbocycles. The average molecular weight is 477 g/mol. The maximum Gasteiger partial charge on any atom is 0.233 e. The van der Waals surface area contributed by atoms with Crippen LogP contribution < -0.4 is 24.3 Å². The minimum absolute atomic E-state index is 0.0213. The first kappa shape index (κ1) is 22.8. The average Bonchev–Trinajstić information content (AvgIpc) is 3.26. The predicted molar refractivity (Wildman–Crippen MR) is 130 cm³/mol. The molecule has 8 heteroatoms. The summed E-state index contributed by atoms with van der Waals surface area (Å²) in [7, 11) is 6.42. The molecule has 0 saturated carbocycles. The van der Waals surface area contributed by atoms with Gasteiger partial charge in [-0.3, -0.25) is 4.79 Å². The van der Waals surface area contributed by atoms with E-state index in [0.29, 0.717) is 47.3 Å². The molecule has 0 radical (unpaired) electrons. The van der Waals surface area contributed by atoms with Crippen LogP contribution in [0.5, 0.6) is 23.0 Å². The van der Waals surface area contributed by atoms with Gasteiger partial charge in [0.05, 0.1) is 45.6 Å². The van der Waals surface area contributed by atoms with Crippen LogP contribution in [-0.4, -0.2) is 39.4 Å². The first-order valence-electron chi connectivity index (χ1n) is 11.4. The van der Waals surface area contributed by atoms with E-state index in [9.17, 15) is 4.79 Å². The van der Waals surface area contributed by atoms with Gasteiger partial charge in [-0.05, 0) is 43.0 Å². The SMILES string of the molecule is COc1ccc(C2CC(=O)C3=C(C2)Nc2onc(C)c2C3c2cccc(OC)c2OC)cc1OC. The van der Waals surface area contributed by atoms with Crippen molar-refractivity contribution in [2.45, 2.75) is 31.6 Å². The van der Waals surface area contributed by atoms with Gasteiger partial charge in [-0.1, -0.05) is 23.4 Å². The first-order chi connectivity index (χ1) is 17.0. The highest BCUT2D eigenvalue weighted by atomic mass is 16.5. The fourth-order valence-electron chi connectivity index (χ4n) is 5.27. The zero-order valence-electron chi connectivity index (χ0n) is 20.4. The number of ketones is 1. The molecular weight excluding hydrogens is 448 g/mol. The second-order valence-corrected chi connectivity index (χ2v) is 8.69. The van der Waals surface area contributed by atoms with Crippen LogP contribution in [0.2, 0.25) is 0 Å². The minimum atomic E-state index is -0.378. The zero-order valence-corrected chi connectivity index (χ0v) is 20.4. The van der Waals surface area contributed by atoms with Crippen LogP contribution in [0.3, 0.4) is 0 Å². The quantitative estimate of drug-likeness (QED) is 0.533. The van der Waals surface area contributed by atoms with Crippen LogP contribution in [0.1, 0.15) is 47.1 Å². The van der Waals surface area contributed by atoms with Crippen LogP contribution in [-0.2, 0) is 4.79 Å². The van der Waals surface area contributed by atoms with E-state index in [4.69, 9.17) is 23.5 Å². The number of nitrogens with zero attached hydrogens (tertiary/aromatic N) is 1. The number of allylic oxidation sites excluding steroid dienone is 2. The van der Waals surface area contributed by atoms with E-state index in [0.717, 1.165) is 28.1 Å². The highest BCUT2D eigenvalue weighted by molar-refractivity contribution is 6.01. The van der Waals surface area contributed by atoms with E-state index < -0.39 is 0 Å². The van der Waals surface area contributed by atoms with Gasteiger partial charge in [0.1, 0.15) is 0 Å². The molecule has 1 aliphatic carbocycles. The molecule has 0 bridgehead atoms. The molecule has 1 N–H and O–H groups in total. The van der Waals surface area contributed by atoms with Crippen molar-refractivity contribution in [2.75, 3.05) is 33.8 Å². The van der Waals surface area contributed by atoms with Crippen molar-refractivity contribution in [3.05, 3.63) is 70.1 Å². The summed E-state index contributed by atoms with van der Waals surface area (Å²) in [6.07, 6.45) is 1.01. The van der Waals surface area contributed by atoms with E-state index >= 15 is 0 Å². The summed E-state index contributed by atoms with van der Waals surface area (Å²) in [6.45, 7) is 1.88. The van der Waals surface area contributed by atoms with E-state index in [1.165, 1.54) is 0 Å². The van der Waals surface area contributed by atoms with Gasteiger partial charge in [-0.2, -0.15) is 0 Å². The second kappa shape index (κ2) is 9.02. The van der Waals surface area contributed by atoms with Gasteiger partial charge in [-0.15, -0.1) is 0 Å². The number of fused-ring (bicyclic) bond motifs is 1. The van der Waals surface area contributed by atoms with Crippen molar-refractivity contribution in [1.82, 2.24) is 5.16 Å². The van der Waals surface area contributed by atoms with Crippen LogP contribution in [0.4, 0.5) is 5.88 Å². The number of carbonyl (C=O) groups is 1. The molecule has 5 rings (SSSR count). The van der Waals surface area contributed by atoms with Crippen LogP contribution in [0.25, 0.3) is 0 Å². The number of para-hydroxylation sites is 1. The summed E-state index contributed by atoms with van der Waals surface area (Å²) >= 11 is 0.